The van der Waals surface area contributed by atoms with Crippen LogP contribution in [-0.2, 0) is 0 Å². The van der Waals surface area contributed by atoms with Gasteiger partial charge in [0.1, 0.15) is 9.88 Å². The molecule has 0 spiro atoms. The van der Waals surface area contributed by atoms with Crippen molar-refractivity contribution in [1.82, 2.24) is 4.90 Å². The molecule has 0 radical (unpaired) electrons. The third kappa shape index (κ3) is 4.02. The molecule has 0 saturated heterocycles. The van der Waals surface area contributed by atoms with E-state index in [0.717, 1.165) is 36.1 Å². The third-order valence-electron chi connectivity index (χ3n) is 2.94. The Morgan fingerprint density at radius 2 is 2.05 bits per heavy atom. The summed E-state index contributed by atoms with van der Waals surface area (Å²) in [6.45, 7) is 8.15. The second kappa shape index (κ2) is 7.62. The molecule has 5 N–H and O–H groups in total. The Hall–Kier alpha value is -0.920. The van der Waals surface area contributed by atoms with Crippen molar-refractivity contribution in [2.24, 2.45) is 5.73 Å². The zero-order valence-electron chi connectivity index (χ0n) is 11.7. The summed E-state index contributed by atoms with van der Waals surface area (Å²) in [4.78, 5) is 15.0. The zero-order valence-corrected chi connectivity index (χ0v) is 13.3. The summed E-state index contributed by atoms with van der Waals surface area (Å²) in [5.41, 5.74) is 11.8. The standard InChI is InChI=1S/C12H22N4OS2/c1-4-16(5-2)7-6-15-12-10(18-3)8(13)9(19-12)11(14)17/h15H,4-7,13H2,1-3H3,(H2,14,17). The number of anilines is 2. The van der Waals surface area contributed by atoms with E-state index in [1.807, 2.05) is 6.26 Å². The van der Waals surface area contributed by atoms with Crippen LogP contribution in [0.3, 0.4) is 0 Å². The highest BCUT2D eigenvalue weighted by atomic mass is 32.2. The Labute approximate surface area is 122 Å². The van der Waals surface area contributed by atoms with Gasteiger partial charge in [-0.05, 0) is 19.3 Å². The number of thioether (sulfide) groups is 1. The summed E-state index contributed by atoms with van der Waals surface area (Å²) in [5, 5.41) is 4.28. The number of nitrogens with one attached hydrogen (secondary N) is 1. The predicted octanol–water partition coefficient (Wildman–Crippen LogP) is 1.90. The highest BCUT2D eigenvalue weighted by Crippen LogP contribution is 2.41. The Bertz CT molecular complexity index is 430. The van der Waals surface area contributed by atoms with Gasteiger partial charge in [0.05, 0.1) is 10.6 Å². The van der Waals surface area contributed by atoms with E-state index >= 15 is 0 Å². The fourth-order valence-corrected chi connectivity index (χ4v) is 3.71. The summed E-state index contributed by atoms with van der Waals surface area (Å²) in [7, 11) is 0. The van der Waals surface area contributed by atoms with Crippen LogP contribution in [0.2, 0.25) is 0 Å². The minimum atomic E-state index is -0.463. The molecule has 5 nitrogen and oxygen atoms in total. The maximum absolute atomic E-state index is 11.3. The molecule has 1 amide bonds. The largest absolute Gasteiger partial charge is 0.396 e. The van der Waals surface area contributed by atoms with Gasteiger partial charge < -0.3 is 21.7 Å². The van der Waals surface area contributed by atoms with Crippen molar-refractivity contribution in [2.75, 3.05) is 43.5 Å². The number of carbonyl (C=O) groups is 1. The van der Waals surface area contributed by atoms with Gasteiger partial charge in [-0.2, -0.15) is 0 Å². The average Bonchev–Trinajstić information content (AvgIpc) is 2.71. The normalized spacial score (nSPS) is 10.9. The van der Waals surface area contributed by atoms with E-state index in [2.05, 4.69) is 24.1 Å². The van der Waals surface area contributed by atoms with E-state index in [1.165, 1.54) is 23.1 Å². The average molecular weight is 302 g/mol. The van der Waals surface area contributed by atoms with Crippen LogP contribution in [-0.4, -0.2) is 43.2 Å². The zero-order chi connectivity index (χ0) is 14.4. The van der Waals surface area contributed by atoms with E-state index < -0.39 is 5.91 Å². The van der Waals surface area contributed by atoms with Crippen LogP contribution < -0.4 is 16.8 Å². The summed E-state index contributed by atoms with van der Waals surface area (Å²) in [5.74, 6) is -0.463. The number of hydrogen-bond acceptors (Lipinski definition) is 6. The fourth-order valence-electron chi connectivity index (χ4n) is 1.80. The number of nitrogens with zero attached hydrogens (tertiary/aromatic N) is 1. The number of carbonyl (C=O) groups excluding carboxylic acids is 1. The van der Waals surface area contributed by atoms with Gasteiger partial charge >= 0.3 is 0 Å². The molecule has 108 valence electrons. The Morgan fingerprint density at radius 1 is 1.42 bits per heavy atom. The second-order valence-electron chi connectivity index (χ2n) is 4.03. The molecule has 0 aliphatic rings. The summed E-state index contributed by atoms with van der Waals surface area (Å²) < 4.78 is 0. The van der Waals surface area contributed by atoms with Gasteiger partial charge in [0, 0.05) is 13.1 Å². The molecular formula is C12H22N4OS2. The number of thiophene rings is 1. The van der Waals surface area contributed by atoms with Gasteiger partial charge in [-0.25, -0.2) is 0 Å². The topological polar surface area (TPSA) is 84.4 Å². The minimum absolute atomic E-state index is 0.440. The van der Waals surface area contributed by atoms with Crippen LogP contribution >= 0.6 is 23.1 Å². The van der Waals surface area contributed by atoms with E-state index in [4.69, 9.17) is 11.5 Å². The summed E-state index contributed by atoms with van der Waals surface area (Å²) >= 11 is 2.87. The highest BCUT2D eigenvalue weighted by molar-refractivity contribution is 7.99. The van der Waals surface area contributed by atoms with Gasteiger partial charge in [0.15, 0.2) is 0 Å². The van der Waals surface area contributed by atoms with Gasteiger partial charge in [-0.3, -0.25) is 4.79 Å². The lowest BCUT2D eigenvalue weighted by Crippen LogP contribution is -2.28. The molecule has 0 unspecified atom stereocenters. The van der Waals surface area contributed by atoms with Gasteiger partial charge in [-0.15, -0.1) is 23.1 Å². The minimum Gasteiger partial charge on any atom is -0.396 e. The van der Waals surface area contributed by atoms with Crippen molar-refractivity contribution in [1.29, 1.82) is 0 Å². The Morgan fingerprint density at radius 3 is 2.53 bits per heavy atom. The molecule has 0 fully saturated rings. The predicted molar refractivity (Wildman–Crippen MR) is 85.3 cm³/mol. The van der Waals surface area contributed by atoms with Crippen molar-refractivity contribution in [3.05, 3.63) is 4.88 Å². The molecular weight excluding hydrogens is 280 g/mol. The monoisotopic (exact) mass is 302 g/mol. The summed E-state index contributed by atoms with van der Waals surface area (Å²) in [6.07, 6.45) is 1.94. The highest BCUT2D eigenvalue weighted by Gasteiger charge is 2.18. The van der Waals surface area contributed by atoms with E-state index in [9.17, 15) is 4.79 Å². The number of hydrogen-bond donors (Lipinski definition) is 3. The van der Waals surface area contributed by atoms with E-state index in [-0.39, 0.29) is 0 Å². The molecule has 0 atom stereocenters. The second-order valence-corrected chi connectivity index (χ2v) is 5.86. The number of amides is 1. The molecule has 0 saturated carbocycles. The number of rotatable bonds is 8. The lowest BCUT2D eigenvalue weighted by atomic mass is 10.4. The lowest BCUT2D eigenvalue weighted by molar-refractivity contribution is 0.100. The summed E-state index contributed by atoms with van der Waals surface area (Å²) in [6, 6.07) is 0. The molecule has 0 aromatic carbocycles. The van der Waals surface area contributed by atoms with Crippen LogP contribution in [0.1, 0.15) is 23.5 Å². The first-order valence-electron chi connectivity index (χ1n) is 6.27. The van der Waals surface area contributed by atoms with Crippen molar-refractivity contribution in [3.63, 3.8) is 0 Å². The molecule has 7 heteroatoms. The number of likely N-dealkylation sites (N-methyl/N-ethyl adjacent to an activating group) is 1. The lowest BCUT2D eigenvalue weighted by Gasteiger charge is -2.18. The first kappa shape index (κ1) is 16.1. The fraction of sp³-hybridized carbons (Fsp3) is 0.583. The van der Waals surface area contributed by atoms with E-state index in [1.54, 1.807) is 0 Å². The quantitative estimate of drug-likeness (QED) is 0.639. The Balaban J connectivity index is 2.73. The van der Waals surface area contributed by atoms with Crippen LogP contribution in [0.25, 0.3) is 0 Å². The molecule has 0 aliphatic heterocycles. The van der Waals surface area contributed by atoms with Crippen LogP contribution in [0.15, 0.2) is 4.90 Å². The molecule has 1 heterocycles. The van der Waals surface area contributed by atoms with Crippen LogP contribution in [0.5, 0.6) is 0 Å². The maximum atomic E-state index is 11.3. The first-order valence-corrected chi connectivity index (χ1v) is 8.31. The van der Waals surface area contributed by atoms with Crippen molar-refractivity contribution < 1.29 is 4.79 Å². The molecule has 1 aromatic heterocycles. The van der Waals surface area contributed by atoms with Crippen molar-refractivity contribution in [3.8, 4) is 0 Å². The maximum Gasteiger partial charge on any atom is 0.261 e. The van der Waals surface area contributed by atoms with Gasteiger partial charge in [0.25, 0.3) is 5.91 Å². The van der Waals surface area contributed by atoms with Crippen LogP contribution in [0.4, 0.5) is 10.7 Å². The van der Waals surface area contributed by atoms with Gasteiger partial charge in [0.2, 0.25) is 0 Å². The van der Waals surface area contributed by atoms with Gasteiger partial charge in [-0.1, -0.05) is 13.8 Å². The Kier molecular flexibility index (Phi) is 6.47. The molecule has 19 heavy (non-hydrogen) atoms. The number of primary amides is 1. The number of nitrogens with two attached hydrogens (primary N) is 2. The molecule has 0 aliphatic carbocycles. The van der Waals surface area contributed by atoms with E-state index in [0.29, 0.717) is 10.6 Å². The SMILES string of the molecule is CCN(CC)CCNc1sc(C(N)=O)c(N)c1SC. The van der Waals surface area contributed by atoms with Crippen molar-refractivity contribution in [2.45, 2.75) is 18.7 Å². The van der Waals surface area contributed by atoms with Crippen LogP contribution in [0, 0.1) is 0 Å². The number of nitrogen functional groups attached to an aromatic ring is 1. The molecule has 0 bridgehead atoms. The first-order chi connectivity index (χ1) is 9.04. The smallest absolute Gasteiger partial charge is 0.261 e. The molecule has 1 aromatic rings. The van der Waals surface area contributed by atoms with Crippen molar-refractivity contribution >= 4 is 39.7 Å². The third-order valence-corrected chi connectivity index (χ3v) is 5.07. The molecule has 1 rings (SSSR count).